The Bertz CT molecular complexity index is 761. The third kappa shape index (κ3) is 5.70. The lowest BCUT2D eigenvalue weighted by Crippen LogP contribution is -2.34. The first-order valence-corrected chi connectivity index (χ1v) is 9.13. The first kappa shape index (κ1) is 19.2. The van der Waals surface area contributed by atoms with Crippen molar-refractivity contribution >= 4 is 5.91 Å². The molecule has 1 aliphatic heterocycles. The molecular formula is C21H26N2O4. The molecule has 0 spiro atoms. The quantitative estimate of drug-likeness (QED) is 0.735. The van der Waals surface area contributed by atoms with E-state index in [2.05, 4.69) is 5.32 Å². The van der Waals surface area contributed by atoms with Crippen molar-refractivity contribution < 1.29 is 19.0 Å². The molecule has 0 saturated heterocycles. The smallest absolute Gasteiger partial charge is 0.234 e. The molecule has 2 aromatic rings. The molecule has 0 unspecified atom stereocenters. The maximum Gasteiger partial charge on any atom is 0.234 e. The van der Waals surface area contributed by atoms with E-state index in [0.717, 1.165) is 28.2 Å². The predicted octanol–water partition coefficient (Wildman–Crippen LogP) is 2.70. The fourth-order valence-electron chi connectivity index (χ4n) is 2.88. The maximum absolute atomic E-state index is 12.2. The van der Waals surface area contributed by atoms with Crippen LogP contribution in [-0.4, -0.2) is 37.8 Å². The first-order valence-electron chi connectivity index (χ1n) is 9.13. The molecule has 0 saturated carbocycles. The number of hydrogen-bond acceptors (Lipinski definition) is 5. The molecule has 0 bridgehead atoms. The van der Waals surface area contributed by atoms with Gasteiger partial charge in [0.2, 0.25) is 12.7 Å². The van der Waals surface area contributed by atoms with Crippen molar-refractivity contribution in [2.75, 3.05) is 27.0 Å². The van der Waals surface area contributed by atoms with E-state index in [4.69, 9.17) is 14.2 Å². The monoisotopic (exact) mass is 370 g/mol. The third-order valence-electron chi connectivity index (χ3n) is 4.29. The summed E-state index contributed by atoms with van der Waals surface area (Å²) in [6, 6.07) is 14.0. The summed E-state index contributed by atoms with van der Waals surface area (Å²) in [6.45, 7) is 5.08. The molecule has 0 atom stereocenters. The Morgan fingerprint density at radius 3 is 2.56 bits per heavy atom. The largest absolute Gasteiger partial charge is 0.454 e. The first-order chi connectivity index (χ1) is 13.1. The maximum atomic E-state index is 12.2. The molecule has 0 aliphatic carbocycles. The van der Waals surface area contributed by atoms with E-state index in [-0.39, 0.29) is 12.7 Å². The summed E-state index contributed by atoms with van der Waals surface area (Å²) < 4.78 is 16.1. The minimum atomic E-state index is -0.00311. The fraction of sp³-hybridized carbons (Fsp3) is 0.381. The standard InChI is InChI=1S/C21H26N2O4/c1-3-25-14-17-6-4-16(5-7-17)11-22-21(24)13-23(2)12-18-8-9-19-20(10-18)27-15-26-19/h4-10H,3,11-15H2,1-2H3,(H,22,24). The van der Waals surface area contributed by atoms with Gasteiger partial charge in [0, 0.05) is 19.7 Å². The van der Waals surface area contributed by atoms with E-state index >= 15 is 0 Å². The Labute approximate surface area is 160 Å². The summed E-state index contributed by atoms with van der Waals surface area (Å²) >= 11 is 0. The summed E-state index contributed by atoms with van der Waals surface area (Å²) in [6.07, 6.45) is 0. The minimum Gasteiger partial charge on any atom is -0.454 e. The zero-order valence-corrected chi connectivity index (χ0v) is 15.9. The predicted molar refractivity (Wildman–Crippen MR) is 103 cm³/mol. The topological polar surface area (TPSA) is 60.0 Å². The number of ether oxygens (including phenoxy) is 3. The highest BCUT2D eigenvalue weighted by Gasteiger charge is 2.14. The minimum absolute atomic E-state index is 0.00311. The molecule has 144 valence electrons. The third-order valence-corrected chi connectivity index (χ3v) is 4.29. The van der Waals surface area contributed by atoms with Gasteiger partial charge in [-0.25, -0.2) is 0 Å². The Morgan fingerprint density at radius 1 is 1.07 bits per heavy atom. The highest BCUT2D eigenvalue weighted by Crippen LogP contribution is 2.32. The van der Waals surface area contributed by atoms with Crippen LogP contribution in [-0.2, 0) is 29.2 Å². The molecule has 1 heterocycles. The zero-order valence-electron chi connectivity index (χ0n) is 15.9. The number of carbonyl (C=O) groups is 1. The summed E-state index contributed by atoms with van der Waals surface area (Å²) in [5.41, 5.74) is 3.29. The number of fused-ring (bicyclic) bond motifs is 1. The Hall–Kier alpha value is -2.57. The van der Waals surface area contributed by atoms with Crippen molar-refractivity contribution in [3.05, 3.63) is 59.2 Å². The van der Waals surface area contributed by atoms with Crippen molar-refractivity contribution in [3.8, 4) is 11.5 Å². The molecule has 6 nitrogen and oxygen atoms in total. The lowest BCUT2D eigenvalue weighted by molar-refractivity contribution is -0.122. The van der Waals surface area contributed by atoms with E-state index in [9.17, 15) is 4.79 Å². The molecule has 27 heavy (non-hydrogen) atoms. The van der Waals surface area contributed by atoms with Crippen molar-refractivity contribution in [1.82, 2.24) is 10.2 Å². The van der Waals surface area contributed by atoms with Gasteiger partial charge in [-0.15, -0.1) is 0 Å². The van der Waals surface area contributed by atoms with Crippen LogP contribution < -0.4 is 14.8 Å². The van der Waals surface area contributed by atoms with Gasteiger partial charge in [0.15, 0.2) is 11.5 Å². The molecule has 0 radical (unpaired) electrons. The number of nitrogens with zero attached hydrogens (tertiary/aromatic N) is 1. The van der Waals surface area contributed by atoms with Gasteiger partial charge in [0.25, 0.3) is 0 Å². The molecule has 1 amide bonds. The van der Waals surface area contributed by atoms with Gasteiger partial charge in [-0.1, -0.05) is 30.3 Å². The second kappa shape index (κ2) is 9.39. The van der Waals surface area contributed by atoms with Crippen LogP contribution in [0.3, 0.4) is 0 Å². The molecule has 1 N–H and O–H groups in total. The van der Waals surface area contributed by atoms with E-state index in [1.165, 1.54) is 0 Å². The van der Waals surface area contributed by atoms with Gasteiger partial charge in [-0.3, -0.25) is 9.69 Å². The van der Waals surface area contributed by atoms with Gasteiger partial charge in [-0.05, 0) is 42.8 Å². The van der Waals surface area contributed by atoms with Crippen LogP contribution >= 0.6 is 0 Å². The highest BCUT2D eigenvalue weighted by atomic mass is 16.7. The lowest BCUT2D eigenvalue weighted by Gasteiger charge is -2.16. The number of likely N-dealkylation sites (N-methyl/N-ethyl adjacent to an activating group) is 1. The zero-order chi connectivity index (χ0) is 19.1. The number of amides is 1. The van der Waals surface area contributed by atoms with Crippen molar-refractivity contribution in [3.63, 3.8) is 0 Å². The number of benzene rings is 2. The van der Waals surface area contributed by atoms with Crippen LogP contribution in [0.15, 0.2) is 42.5 Å². The van der Waals surface area contributed by atoms with Crippen LogP contribution in [0.2, 0.25) is 0 Å². The SMILES string of the molecule is CCOCc1ccc(CNC(=O)CN(C)Cc2ccc3c(c2)OCO3)cc1. The Morgan fingerprint density at radius 2 is 1.78 bits per heavy atom. The van der Waals surface area contributed by atoms with Gasteiger partial charge >= 0.3 is 0 Å². The van der Waals surface area contributed by atoms with Gasteiger partial charge in [-0.2, -0.15) is 0 Å². The van der Waals surface area contributed by atoms with Crippen LogP contribution in [0.25, 0.3) is 0 Å². The number of carbonyl (C=O) groups excluding carboxylic acids is 1. The van der Waals surface area contributed by atoms with Crippen LogP contribution in [0.1, 0.15) is 23.6 Å². The fourth-order valence-corrected chi connectivity index (χ4v) is 2.88. The highest BCUT2D eigenvalue weighted by molar-refractivity contribution is 5.77. The van der Waals surface area contributed by atoms with Crippen LogP contribution in [0.4, 0.5) is 0 Å². The molecule has 1 aliphatic rings. The number of hydrogen-bond donors (Lipinski definition) is 1. The number of rotatable bonds is 9. The summed E-state index contributed by atoms with van der Waals surface area (Å²) in [5, 5.41) is 2.96. The Kier molecular flexibility index (Phi) is 6.68. The van der Waals surface area contributed by atoms with E-state index in [1.54, 1.807) is 0 Å². The van der Waals surface area contributed by atoms with E-state index in [0.29, 0.717) is 32.8 Å². The average Bonchev–Trinajstić information content (AvgIpc) is 3.13. The molecule has 2 aromatic carbocycles. The number of nitrogens with one attached hydrogen (secondary N) is 1. The van der Waals surface area contributed by atoms with E-state index < -0.39 is 0 Å². The second-order valence-electron chi connectivity index (χ2n) is 6.59. The summed E-state index contributed by atoms with van der Waals surface area (Å²) in [5.74, 6) is 1.53. The normalized spacial score (nSPS) is 12.4. The Balaban J connectivity index is 1.42. The molecule has 6 heteroatoms. The van der Waals surface area contributed by atoms with E-state index in [1.807, 2.05) is 61.3 Å². The second-order valence-corrected chi connectivity index (χ2v) is 6.59. The van der Waals surface area contributed by atoms with Crippen molar-refractivity contribution in [2.24, 2.45) is 0 Å². The molecule has 0 fully saturated rings. The lowest BCUT2D eigenvalue weighted by atomic mass is 10.1. The summed E-state index contributed by atoms with van der Waals surface area (Å²) in [7, 11) is 1.92. The van der Waals surface area contributed by atoms with Gasteiger partial charge in [0.1, 0.15) is 0 Å². The van der Waals surface area contributed by atoms with Crippen molar-refractivity contribution in [1.29, 1.82) is 0 Å². The van der Waals surface area contributed by atoms with Crippen molar-refractivity contribution in [2.45, 2.75) is 26.6 Å². The average molecular weight is 370 g/mol. The molecule has 3 rings (SSSR count). The van der Waals surface area contributed by atoms with Gasteiger partial charge < -0.3 is 19.5 Å². The molecular weight excluding hydrogens is 344 g/mol. The van der Waals surface area contributed by atoms with Crippen LogP contribution in [0, 0.1) is 0 Å². The molecule has 0 aromatic heterocycles. The summed E-state index contributed by atoms with van der Waals surface area (Å²) in [4.78, 5) is 14.2. The van der Waals surface area contributed by atoms with Gasteiger partial charge in [0.05, 0.1) is 13.2 Å². The van der Waals surface area contributed by atoms with Crippen LogP contribution in [0.5, 0.6) is 11.5 Å².